The van der Waals surface area contributed by atoms with Gasteiger partial charge in [0.1, 0.15) is 5.58 Å². The Morgan fingerprint density at radius 2 is 1.71 bits per heavy atom. The number of carbonyl (C=O) groups is 1. The smallest absolute Gasteiger partial charge is 0.291 e. The minimum Gasteiger partial charge on any atom is -0.450 e. The molecule has 4 aromatic rings. The first-order chi connectivity index (χ1) is 13.7. The standard InChI is InChI=1S/C23H16N2O3/c26-21-17-10-4-5-11-18(17)28-22-19(21)20(16-8-2-1-3-9-16)25(23(22)27)14-15-7-6-12-24-13-15/h1-13,20H,14H2. The van der Waals surface area contributed by atoms with E-state index in [0.29, 0.717) is 23.1 Å². The summed E-state index contributed by atoms with van der Waals surface area (Å²) in [5.41, 5.74) is 2.43. The highest BCUT2D eigenvalue weighted by Crippen LogP contribution is 2.38. The van der Waals surface area contributed by atoms with Gasteiger partial charge in [-0.15, -0.1) is 0 Å². The molecular weight excluding hydrogens is 352 g/mol. The minimum absolute atomic E-state index is 0.126. The second-order valence-corrected chi connectivity index (χ2v) is 6.78. The zero-order valence-corrected chi connectivity index (χ0v) is 14.9. The van der Waals surface area contributed by atoms with E-state index in [1.807, 2.05) is 42.5 Å². The fraction of sp³-hybridized carbons (Fsp3) is 0.0870. The van der Waals surface area contributed by atoms with Crippen molar-refractivity contribution in [2.75, 3.05) is 0 Å². The molecule has 1 atom stereocenters. The molecule has 28 heavy (non-hydrogen) atoms. The number of aromatic nitrogens is 1. The van der Waals surface area contributed by atoms with Gasteiger partial charge in [0.2, 0.25) is 5.76 Å². The van der Waals surface area contributed by atoms with E-state index in [4.69, 9.17) is 4.42 Å². The lowest BCUT2D eigenvalue weighted by Crippen LogP contribution is -2.29. The lowest BCUT2D eigenvalue weighted by molar-refractivity contribution is 0.0714. The third-order valence-corrected chi connectivity index (χ3v) is 5.06. The molecule has 2 aromatic heterocycles. The van der Waals surface area contributed by atoms with Crippen molar-refractivity contribution in [1.82, 2.24) is 9.88 Å². The largest absolute Gasteiger partial charge is 0.450 e. The molecule has 1 amide bonds. The van der Waals surface area contributed by atoms with Gasteiger partial charge in [-0.25, -0.2) is 0 Å². The van der Waals surface area contributed by atoms with Crippen LogP contribution in [0.3, 0.4) is 0 Å². The Hall–Kier alpha value is -3.73. The van der Waals surface area contributed by atoms with Crippen LogP contribution in [-0.4, -0.2) is 15.8 Å². The number of fused-ring (bicyclic) bond motifs is 2. The normalized spacial score (nSPS) is 15.8. The van der Waals surface area contributed by atoms with Crippen molar-refractivity contribution in [3.8, 4) is 0 Å². The molecule has 1 aliphatic heterocycles. The van der Waals surface area contributed by atoms with Crippen LogP contribution in [0.1, 0.15) is 33.3 Å². The fourth-order valence-corrected chi connectivity index (χ4v) is 3.80. The second kappa shape index (κ2) is 6.46. The van der Waals surface area contributed by atoms with Crippen LogP contribution in [0.4, 0.5) is 0 Å². The summed E-state index contributed by atoms with van der Waals surface area (Å²) in [6.07, 6.45) is 3.42. The quantitative estimate of drug-likeness (QED) is 0.550. The van der Waals surface area contributed by atoms with Crippen LogP contribution in [0.2, 0.25) is 0 Å². The predicted octanol–water partition coefficient (Wildman–Crippen LogP) is 3.93. The first kappa shape index (κ1) is 16.4. The molecule has 2 aromatic carbocycles. The van der Waals surface area contributed by atoms with Crippen molar-refractivity contribution >= 4 is 16.9 Å². The van der Waals surface area contributed by atoms with Gasteiger partial charge in [-0.3, -0.25) is 14.6 Å². The molecule has 5 heteroatoms. The molecule has 5 rings (SSSR count). The number of carbonyl (C=O) groups excluding carboxylic acids is 1. The highest BCUT2D eigenvalue weighted by Gasteiger charge is 2.42. The van der Waals surface area contributed by atoms with Crippen LogP contribution in [0.5, 0.6) is 0 Å². The van der Waals surface area contributed by atoms with Gasteiger partial charge in [0, 0.05) is 18.9 Å². The first-order valence-corrected chi connectivity index (χ1v) is 9.04. The molecule has 0 spiro atoms. The number of rotatable bonds is 3. The highest BCUT2D eigenvalue weighted by molar-refractivity contribution is 5.99. The molecule has 1 aliphatic rings. The first-order valence-electron chi connectivity index (χ1n) is 9.04. The van der Waals surface area contributed by atoms with E-state index in [1.54, 1.807) is 41.6 Å². The zero-order valence-electron chi connectivity index (χ0n) is 14.9. The van der Waals surface area contributed by atoms with Gasteiger partial charge in [-0.1, -0.05) is 48.5 Å². The number of pyridine rings is 1. The monoisotopic (exact) mass is 368 g/mol. The Bertz CT molecular complexity index is 1230. The van der Waals surface area contributed by atoms with Crippen molar-refractivity contribution < 1.29 is 9.21 Å². The number of para-hydroxylation sites is 1. The number of benzene rings is 2. The maximum Gasteiger partial charge on any atom is 0.291 e. The number of amides is 1. The topological polar surface area (TPSA) is 63.4 Å². The molecule has 5 nitrogen and oxygen atoms in total. The maximum absolute atomic E-state index is 13.3. The van der Waals surface area contributed by atoms with Crippen molar-refractivity contribution in [1.29, 1.82) is 0 Å². The molecule has 1 unspecified atom stereocenters. The molecule has 0 saturated heterocycles. The molecule has 136 valence electrons. The predicted molar refractivity (Wildman–Crippen MR) is 105 cm³/mol. The number of nitrogens with zero attached hydrogens (tertiary/aromatic N) is 2. The van der Waals surface area contributed by atoms with Gasteiger partial charge in [0.15, 0.2) is 5.43 Å². The highest BCUT2D eigenvalue weighted by atomic mass is 16.3. The van der Waals surface area contributed by atoms with Gasteiger partial charge < -0.3 is 9.32 Å². The van der Waals surface area contributed by atoms with Gasteiger partial charge in [-0.05, 0) is 29.3 Å². The zero-order chi connectivity index (χ0) is 19.1. The lowest BCUT2D eigenvalue weighted by Gasteiger charge is -2.25. The molecular formula is C23H16N2O3. The molecule has 0 bridgehead atoms. The molecule has 0 saturated carbocycles. The molecule has 0 radical (unpaired) electrons. The summed E-state index contributed by atoms with van der Waals surface area (Å²) in [5.74, 6) is -0.156. The average Bonchev–Trinajstić information content (AvgIpc) is 3.02. The fourth-order valence-electron chi connectivity index (χ4n) is 3.80. The van der Waals surface area contributed by atoms with Crippen LogP contribution in [0, 0.1) is 0 Å². The van der Waals surface area contributed by atoms with Gasteiger partial charge in [-0.2, -0.15) is 0 Å². The van der Waals surface area contributed by atoms with Crippen molar-refractivity contribution in [3.05, 3.63) is 112 Å². The van der Waals surface area contributed by atoms with E-state index >= 15 is 0 Å². The third kappa shape index (κ3) is 2.52. The van der Waals surface area contributed by atoms with Gasteiger partial charge in [0.05, 0.1) is 17.0 Å². The van der Waals surface area contributed by atoms with Crippen LogP contribution >= 0.6 is 0 Å². The van der Waals surface area contributed by atoms with Crippen LogP contribution in [-0.2, 0) is 6.54 Å². The third-order valence-electron chi connectivity index (χ3n) is 5.06. The number of hydrogen-bond donors (Lipinski definition) is 0. The Morgan fingerprint density at radius 1 is 0.929 bits per heavy atom. The summed E-state index contributed by atoms with van der Waals surface area (Å²) < 4.78 is 5.91. The Labute approximate surface area is 160 Å². The summed E-state index contributed by atoms with van der Waals surface area (Å²) in [4.78, 5) is 32.4. The van der Waals surface area contributed by atoms with Crippen molar-refractivity contribution in [2.24, 2.45) is 0 Å². The van der Waals surface area contributed by atoms with E-state index in [0.717, 1.165) is 11.1 Å². The summed E-state index contributed by atoms with van der Waals surface area (Å²) >= 11 is 0. The van der Waals surface area contributed by atoms with Gasteiger partial charge >= 0.3 is 0 Å². The molecule has 0 N–H and O–H groups in total. The average molecular weight is 368 g/mol. The van der Waals surface area contributed by atoms with Crippen molar-refractivity contribution in [2.45, 2.75) is 12.6 Å². The van der Waals surface area contributed by atoms with E-state index < -0.39 is 6.04 Å². The Morgan fingerprint density at radius 3 is 2.50 bits per heavy atom. The van der Waals surface area contributed by atoms with E-state index in [1.165, 1.54) is 0 Å². The number of hydrogen-bond acceptors (Lipinski definition) is 4. The van der Waals surface area contributed by atoms with Crippen LogP contribution in [0.25, 0.3) is 11.0 Å². The molecule has 0 fully saturated rings. The summed E-state index contributed by atoms with van der Waals surface area (Å²) in [5, 5.41) is 0.484. The maximum atomic E-state index is 13.3. The Kier molecular flexibility index (Phi) is 3.79. The summed E-state index contributed by atoms with van der Waals surface area (Å²) in [6, 6.07) is 19.9. The molecule has 0 aliphatic carbocycles. The lowest BCUT2D eigenvalue weighted by atomic mass is 9.98. The summed E-state index contributed by atoms with van der Waals surface area (Å²) in [6.45, 7) is 0.340. The SMILES string of the molecule is O=C1c2oc3ccccc3c(=O)c2C(c2ccccc2)N1Cc1cccnc1. The van der Waals surface area contributed by atoms with E-state index in [-0.39, 0.29) is 17.1 Å². The Balaban J connectivity index is 1.74. The van der Waals surface area contributed by atoms with E-state index in [9.17, 15) is 9.59 Å². The van der Waals surface area contributed by atoms with Gasteiger partial charge in [0.25, 0.3) is 5.91 Å². The van der Waals surface area contributed by atoms with E-state index in [2.05, 4.69) is 4.98 Å². The van der Waals surface area contributed by atoms with Crippen LogP contribution in [0.15, 0.2) is 88.3 Å². The minimum atomic E-state index is -0.496. The summed E-state index contributed by atoms with van der Waals surface area (Å²) in [7, 11) is 0. The van der Waals surface area contributed by atoms with Crippen LogP contribution < -0.4 is 5.43 Å². The molecule has 3 heterocycles. The second-order valence-electron chi connectivity index (χ2n) is 6.78. The van der Waals surface area contributed by atoms with Crippen molar-refractivity contribution in [3.63, 3.8) is 0 Å².